The second-order valence-corrected chi connectivity index (χ2v) is 18.1. The monoisotopic (exact) mass is 870 g/mol. The zero-order valence-corrected chi connectivity index (χ0v) is 38.1. The van der Waals surface area contributed by atoms with Crippen LogP contribution in [0, 0.1) is 5.92 Å². The molecule has 0 N–H and O–H groups in total. The van der Waals surface area contributed by atoms with Crippen molar-refractivity contribution >= 4 is 49.6 Å². The van der Waals surface area contributed by atoms with Gasteiger partial charge in [0.2, 0.25) is 0 Å². The molecule has 0 saturated carbocycles. The van der Waals surface area contributed by atoms with Crippen molar-refractivity contribution in [3.8, 4) is 27.9 Å². The topological polar surface area (TPSA) is 8.17 Å². The van der Waals surface area contributed by atoms with E-state index >= 15 is 0 Å². The van der Waals surface area contributed by atoms with Crippen molar-refractivity contribution in [3.63, 3.8) is 0 Å². The molecular weight excluding hydrogens is 821 g/mol. The minimum atomic E-state index is -0.572. The van der Waals surface area contributed by atoms with Crippen molar-refractivity contribution in [2.75, 3.05) is 4.90 Å². The Bertz CT molecular complexity index is 3600. The molecule has 12 rings (SSSR count). The molecule has 1 aliphatic rings. The van der Waals surface area contributed by atoms with Crippen LogP contribution in [0.4, 0.5) is 17.1 Å². The summed E-state index contributed by atoms with van der Waals surface area (Å²) in [6.07, 6.45) is 8.22. The van der Waals surface area contributed by atoms with Gasteiger partial charge in [0.05, 0.1) is 22.1 Å². The molecule has 0 bridgehead atoms. The number of anilines is 3. The van der Waals surface area contributed by atoms with Gasteiger partial charge in [-0.3, -0.25) is 0 Å². The number of hydrogen-bond acceptors (Lipinski definition) is 1. The fourth-order valence-electron chi connectivity index (χ4n) is 10.8. The Morgan fingerprint density at radius 1 is 0.441 bits per heavy atom. The lowest BCUT2D eigenvalue weighted by molar-refractivity contribution is 0.682. The maximum atomic E-state index is 2.48. The summed E-state index contributed by atoms with van der Waals surface area (Å²) >= 11 is 0. The van der Waals surface area contributed by atoms with Crippen LogP contribution in [0.25, 0.3) is 60.5 Å². The number of aromatic nitrogens is 1. The Hall–Kier alpha value is -8.46. The van der Waals surface area contributed by atoms with Crippen molar-refractivity contribution in [1.29, 1.82) is 0 Å². The molecule has 0 amide bonds. The molecule has 2 nitrogen and oxygen atoms in total. The molecule has 10 aromatic carbocycles. The summed E-state index contributed by atoms with van der Waals surface area (Å²) in [5.74, 6) is 0.479. The van der Waals surface area contributed by atoms with Crippen molar-refractivity contribution in [3.05, 3.63) is 289 Å². The molecule has 0 radical (unpaired) electrons. The average molecular weight is 871 g/mol. The second-order valence-electron chi connectivity index (χ2n) is 18.1. The molecule has 1 aliphatic carbocycles. The summed E-state index contributed by atoms with van der Waals surface area (Å²) < 4.78 is 2.48. The number of nitrogens with zero attached hydrogens (tertiary/aromatic N) is 2. The van der Waals surface area contributed by atoms with Gasteiger partial charge in [-0.25, -0.2) is 0 Å². The van der Waals surface area contributed by atoms with E-state index in [-0.39, 0.29) is 0 Å². The molecule has 2 heteroatoms. The highest BCUT2D eigenvalue weighted by Gasteiger charge is 2.40. The van der Waals surface area contributed by atoms with Crippen LogP contribution < -0.4 is 4.90 Å². The van der Waals surface area contributed by atoms with Crippen LogP contribution in [0.2, 0.25) is 0 Å². The first-order valence-electron chi connectivity index (χ1n) is 23.8. The molecule has 0 saturated heterocycles. The summed E-state index contributed by atoms with van der Waals surface area (Å²) in [5, 5.41) is 5.03. The number of allylic oxidation sites excluding steroid dienone is 4. The maximum absolute atomic E-state index is 2.48. The van der Waals surface area contributed by atoms with E-state index in [1.165, 1.54) is 66.0 Å². The van der Waals surface area contributed by atoms with E-state index in [2.05, 4.69) is 283 Å². The van der Waals surface area contributed by atoms with Crippen molar-refractivity contribution in [2.45, 2.75) is 18.8 Å². The molecule has 1 unspecified atom stereocenters. The van der Waals surface area contributed by atoms with Crippen LogP contribution in [0.5, 0.6) is 0 Å². The Labute approximate surface area is 399 Å². The van der Waals surface area contributed by atoms with Crippen molar-refractivity contribution in [1.82, 2.24) is 4.57 Å². The fourth-order valence-corrected chi connectivity index (χ4v) is 10.8. The second kappa shape index (κ2) is 17.4. The SMILES string of the molecule is CC1C=CC(C(c2ccccc2)(c2ccccc2)c2cccc(N(c3ccc(-c4ccccc4)cc3)c3ccc(-n4c5ccccc5c5c6ccccc6ccc54)c(-c4ccccc4)c3)c2)=CC1. The predicted molar refractivity (Wildman–Crippen MR) is 288 cm³/mol. The third-order valence-electron chi connectivity index (χ3n) is 14.1. The lowest BCUT2D eigenvalue weighted by atomic mass is 9.63. The molecule has 1 atom stereocenters. The standard InChI is InChI=1S/C66H50N2/c1-47-33-38-54(39-34-47)66(52-24-10-4-11-25-52,53-26-12-5-13-27-53)55-28-18-29-57(45-55)67(56-40-35-49(36-41-56)48-19-6-2-7-20-48)58-42-44-63(61(46-58)50-21-8-3-9-22-50)68-62-32-17-16-31-60(62)65-59-30-15-14-23-51(59)37-43-64(65)68/h2-33,35-47H,34H2,1H3. The smallest absolute Gasteiger partial charge is 0.0699 e. The lowest BCUT2D eigenvalue weighted by Crippen LogP contribution is -2.32. The minimum Gasteiger partial charge on any atom is -0.310 e. The van der Waals surface area contributed by atoms with Crippen LogP contribution >= 0.6 is 0 Å². The number of rotatable bonds is 10. The molecular formula is C66H50N2. The Morgan fingerprint density at radius 2 is 1.01 bits per heavy atom. The lowest BCUT2D eigenvalue weighted by Gasteiger charge is -2.39. The summed E-state index contributed by atoms with van der Waals surface area (Å²) in [6, 6.07) is 91.3. The van der Waals surface area contributed by atoms with Gasteiger partial charge in [0, 0.05) is 33.4 Å². The van der Waals surface area contributed by atoms with Crippen LogP contribution in [-0.4, -0.2) is 4.57 Å². The highest BCUT2D eigenvalue weighted by molar-refractivity contribution is 6.21. The maximum Gasteiger partial charge on any atom is 0.0699 e. The largest absolute Gasteiger partial charge is 0.310 e. The molecule has 1 heterocycles. The van der Waals surface area contributed by atoms with Gasteiger partial charge in [0.25, 0.3) is 0 Å². The van der Waals surface area contributed by atoms with E-state index in [1.807, 2.05) is 0 Å². The molecule has 0 aliphatic heterocycles. The molecule has 11 aromatic rings. The van der Waals surface area contributed by atoms with Gasteiger partial charge in [-0.15, -0.1) is 0 Å². The van der Waals surface area contributed by atoms with E-state index in [4.69, 9.17) is 0 Å². The summed E-state index contributed by atoms with van der Waals surface area (Å²) in [4.78, 5) is 2.45. The van der Waals surface area contributed by atoms with Gasteiger partial charge in [0.15, 0.2) is 0 Å². The number of hydrogen-bond donors (Lipinski definition) is 0. The highest BCUT2D eigenvalue weighted by atomic mass is 15.1. The first-order chi connectivity index (χ1) is 33.6. The zero-order chi connectivity index (χ0) is 45.4. The molecule has 324 valence electrons. The number of benzene rings is 10. The summed E-state index contributed by atoms with van der Waals surface area (Å²) in [6.45, 7) is 2.30. The highest BCUT2D eigenvalue weighted by Crippen LogP contribution is 2.50. The Kier molecular flexibility index (Phi) is 10.5. The average Bonchev–Trinajstić information content (AvgIpc) is 3.76. The molecule has 1 aromatic heterocycles. The van der Waals surface area contributed by atoms with Gasteiger partial charge in [-0.2, -0.15) is 0 Å². The van der Waals surface area contributed by atoms with Crippen LogP contribution in [0.1, 0.15) is 30.0 Å². The third kappa shape index (κ3) is 7.05. The van der Waals surface area contributed by atoms with Crippen LogP contribution in [-0.2, 0) is 5.41 Å². The Morgan fingerprint density at radius 3 is 1.71 bits per heavy atom. The van der Waals surface area contributed by atoms with Crippen LogP contribution in [0.3, 0.4) is 0 Å². The van der Waals surface area contributed by atoms with Gasteiger partial charge < -0.3 is 9.47 Å². The zero-order valence-electron chi connectivity index (χ0n) is 38.1. The molecule has 0 spiro atoms. The van der Waals surface area contributed by atoms with Crippen molar-refractivity contribution < 1.29 is 0 Å². The molecule has 0 fully saturated rings. The van der Waals surface area contributed by atoms with E-state index in [0.29, 0.717) is 5.92 Å². The van der Waals surface area contributed by atoms with E-state index in [9.17, 15) is 0 Å². The van der Waals surface area contributed by atoms with Gasteiger partial charge in [0.1, 0.15) is 0 Å². The van der Waals surface area contributed by atoms with Gasteiger partial charge >= 0.3 is 0 Å². The summed E-state index contributed by atoms with van der Waals surface area (Å²) in [5.41, 5.74) is 15.8. The van der Waals surface area contributed by atoms with E-state index in [1.54, 1.807) is 0 Å². The number of fused-ring (bicyclic) bond motifs is 5. The predicted octanol–water partition coefficient (Wildman–Crippen LogP) is 17.6. The van der Waals surface area contributed by atoms with E-state index < -0.39 is 5.41 Å². The quantitative estimate of drug-likeness (QED) is 0.124. The first kappa shape index (κ1) is 41.0. The van der Waals surface area contributed by atoms with E-state index in [0.717, 1.165) is 40.3 Å². The normalized spacial score (nSPS) is 13.8. The third-order valence-corrected chi connectivity index (χ3v) is 14.1. The minimum absolute atomic E-state index is 0.479. The fraction of sp³-hybridized carbons (Fsp3) is 0.0606. The van der Waals surface area contributed by atoms with Gasteiger partial charge in [-0.05, 0) is 117 Å². The van der Waals surface area contributed by atoms with Crippen molar-refractivity contribution in [2.24, 2.45) is 5.92 Å². The van der Waals surface area contributed by atoms with Gasteiger partial charge in [-0.1, -0.05) is 219 Å². The summed E-state index contributed by atoms with van der Waals surface area (Å²) in [7, 11) is 0. The van der Waals surface area contributed by atoms with Crippen LogP contribution in [0.15, 0.2) is 273 Å². The Balaban J connectivity index is 1.11. The molecule has 68 heavy (non-hydrogen) atoms. The number of para-hydroxylation sites is 1. The first-order valence-corrected chi connectivity index (χ1v) is 23.8.